The Morgan fingerprint density at radius 1 is 1.05 bits per heavy atom. The first-order valence-electron chi connectivity index (χ1n) is 7.30. The van der Waals surface area contributed by atoms with Crippen molar-refractivity contribution in [2.45, 2.75) is 12.8 Å². The minimum absolute atomic E-state index is 0.994. The summed E-state index contributed by atoms with van der Waals surface area (Å²) in [6, 6.07) is 6.38. The second kappa shape index (κ2) is 4.84. The van der Waals surface area contributed by atoms with E-state index in [0.29, 0.717) is 0 Å². The van der Waals surface area contributed by atoms with Gasteiger partial charge in [0.1, 0.15) is 12.1 Å². The third-order valence-corrected chi connectivity index (χ3v) is 4.06. The molecule has 0 atom stereocenters. The van der Waals surface area contributed by atoms with Crippen molar-refractivity contribution in [2.75, 3.05) is 18.0 Å². The van der Waals surface area contributed by atoms with Crippen LogP contribution in [0.1, 0.15) is 12.8 Å². The molecule has 1 saturated heterocycles. The van der Waals surface area contributed by atoms with E-state index < -0.39 is 0 Å². The summed E-state index contributed by atoms with van der Waals surface area (Å²) in [5.41, 5.74) is 3.25. The molecule has 3 aromatic rings. The lowest BCUT2D eigenvalue weighted by Crippen LogP contribution is -2.19. The maximum absolute atomic E-state index is 4.49. The van der Waals surface area contributed by atoms with Crippen molar-refractivity contribution in [1.82, 2.24) is 19.7 Å². The van der Waals surface area contributed by atoms with E-state index in [2.05, 4.69) is 38.2 Å². The van der Waals surface area contributed by atoms with Crippen molar-refractivity contribution < 1.29 is 0 Å². The van der Waals surface area contributed by atoms with Crippen LogP contribution in [0.2, 0.25) is 0 Å². The van der Waals surface area contributed by atoms with E-state index in [1.807, 2.05) is 24.1 Å². The maximum atomic E-state index is 4.49. The lowest BCUT2D eigenvalue weighted by Gasteiger charge is -2.18. The van der Waals surface area contributed by atoms with Crippen LogP contribution in [0.25, 0.3) is 22.0 Å². The van der Waals surface area contributed by atoms with Crippen LogP contribution >= 0.6 is 0 Å². The van der Waals surface area contributed by atoms with Gasteiger partial charge >= 0.3 is 0 Å². The van der Waals surface area contributed by atoms with Gasteiger partial charge in [-0.05, 0) is 30.5 Å². The summed E-state index contributed by atoms with van der Waals surface area (Å²) in [5.74, 6) is 1.07. The zero-order chi connectivity index (χ0) is 14.2. The molecule has 3 heterocycles. The smallest absolute Gasteiger partial charge is 0.139 e. The summed E-state index contributed by atoms with van der Waals surface area (Å²) in [4.78, 5) is 11.3. The molecule has 0 amide bonds. The standard InChI is InChI=1S/C16H17N5/c1-20-10-13(9-19-20)12-4-5-14-15(8-12)17-11-18-16(14)21-6-2-3-7-21/h4-5,8-11H,2-3,6-7H2,1H3. The summed E-state index contributed by atoms with van der Waals surface area (Å²) in [5, 5.41) is 5.36. The molecule has 1 aliphatic rings. The number of fused-ring (bicyclic) bond motifs is 1. The monoisotopic (exact) mass is 279 g/mol. The van der Waals surface area contributed by atoms with E-state index in [9.17, 15) is 0 Å². The molecule has 0 unspecified atom stereocenters. The average molecular weight is 279 g/mol. The van der Waals surface area contributed by atoms with Crippen LogP contribution in [-0.4, -0.2) is 32.8 Å². The highest BCUT2D eigenvalue weighted by molar-refractivity contribution is 5.92. The molecule has 0 aliphatic carbocycles. The fraction of sp³-hybridized carbons (Fsp3) is 0.312. The zero-order valence-electron chi connectivity index (χ0n) is 12.0. The van der Waals surface area contributed by atoms with E-state index in [0.717, 1.165) is 40.9 Å². The largest absolute Gasteiger partial charge is 0.356 e. The van der Waals surface area contributed by atoms with Crippen molar-refractivity contribution >= 4 is 16.7 Å². The van der Waals surface area contributed by atoms with Gasteiger partial charge in [-0.25, -0.2) is 9.97 Å². The van der Waals surface area contributed by atoms with Crippen molar-refractivity contribution in [3.8, 4) is 11.1 Å². The maximum Gasteiger partial charge on any atom is 0.139 e. The topological polar surface area (TPSA) is 46.8 Å². The Morgan fingerprint density at radius 3 is 2.67 bits per heavy atom. The Labute approximate surface area is 123 Å². The van der Waals surface area contributed by atoms with Gasteiger partial charge in [0.15, 0.2) is 0 Å². The van der Waals surface area contributed by atoms with Crippen LogP contribution in [0.5, 0.6) is 0 Å². The number of hydrogen-bond acceptors (Lipinski definition) is 4. The normalized spacial score (nSPS) is 15.0. The highest BCUT2D eigenvalue weighted by atomic mass is 15.2. The first-order chi connectivity index (χ1) is 10.3. The summed E-state index contributed by atoms with van der Waals surface area (Å²) in [7, 11) is 1.93. The molecule has 0 N–H and O–H groups in total. The first-order valence-corrected chi connectivity index (χ1v) is 7.30. The van der Waals surface area contributed by atoms with Crippen LogP contribution in [0, 0.1) is 0 Å². The van der Waals surface area contributed by atoms with E-state index in [4.69, 9.17) is 0 Å². The molecule has 5 heteroatoms. The van der Waals surface area contributed by atoms with Gasteiger partial charge in [0.2, 0.25) is 0 Å². The molecule has 0 radical (unpaired) electrons. The Morgan fingerprint density at radius 2 is 1.90 bits per heavy atom. The second-order valence-corrected chi connectivity index (χ2v) is 5.53. The molecule has 1 aliphatic heterocycles. The van der Waals surface area contributed by atoms with Gasteiger partial charge in [0, 0.05) is 37.3 Å². The molecule has 106 valence electrons. The number of anilines is 1. The van der Waals surface area contributed by atoms with E-state index in [1.54, 1.807) is 6.33 Å². The van der Waals surface area contributed by atoms with Crippen molar-refractivity contribution in [3.63, 3.8) is 0 Å². The number of aryl methyl sites for hydroxylation is 1. The van der Waals surface area contributed by atoms with Crippen molar-refractivity contribution in [2.24, 2.45) is 7.05 Å². The quantitative estimate of drug-likeness (QED) is 0.723. The third-order valence-electron chi connectivity index (χ3n) is 4.06. The second-order valence-electron chi connectivity index (χ2n) is 5.53. The van der Waals surface area contributed by atoms with Gasteiger partial charge in [0.25, 0.3) is 0 Å². The number of aromatic nitrogens is 4. The fourth-order valence-corrected chi connectivity index (χ4v) is 2.97. The summed E-state index contributed by atoms with van der Waals surface area (Å²) in [6.07, 6.45) is 8.06. The van der Waals surface area contributed by atoms with E-state index >= 15 is 0 Å². The summed E-state index contributed by atoms with van der Waals surface area (Å²) < 4.78 is 1.81. The Kier molecular flexibility index (Phi) is 2.84. The minimum atomic E-state index is 0.994. The number of nitrogens with zero attached hydrogens (tertiary/aromatic N) is 5. The minimum Gasteiger partial charge on any atom is -0.356 e. The lowest BCUT2D eigenvalue weighted by atomic mass is 10.1. The van der Waals surface area contributed by atoms with Gasteiger partial charge < -0.3 is 4.90 Å². The van der Waals surface area contributed by atoms with Gasteiger partial charge in [0.05, 0.1) is 11.7 Å². The van der Waals surface area contributed by atoms with Crippen LogP contribution in [0.15, 0.2) is 36.9 Å². The molecule has 0 bridgehead atoms. The first kappa shape index (κ1) is 12.3. The van der Waals surface area contributed by atoms with Gasteiger partial charge in [-0.2, -0.15) is 5.10 Å². The lowest BCUT2D eigenvalue weighted by molar-refractivity contribution is 0.768. The number of rotatable bonds is 2. The number of hydrogen-bond donors (Lipinski definition) is 0. The molecule has 21 heavy (non-hydrogen) atoms. The molecule has 4 rings (SSSR count). The zero-order valence-corrected chi connectivity index (χ0v) is 12.0. The van der Waals surface area contributed by atoms with Crippen LogP contribution in [0.3, 0.4) is 0 Å². The Hall–Kier alpha value is -2.43. The molecule has 0 spiro atoms. The van der Waals surface area contributed by atoms with E-state index in [1.165, 1.54) is 12.8 Å². The summed E-state index contributed by atoms with van der Waals surface area (Å²) >= 11 is 0. The molecular weight excluding hydrogens is 262 g/mol. The third kappa shape index (κ3) is 2.14. The van der Waals surface area contributed by atoms with Crippen molar-refractivity contribution in [1.29, 1.82) is 0 Å². The molecule has 1 fully saturated rings. The van der Waals surface area contributed by atoms with Crippen LogP contribution < -0.4 is 4.90 Å². The van der Waals surface area contributed by atoms with Crippen LogP contribution in [0.4, 0.5) is 5.82 Å². The average Bonchev–Trinajstić information content (AvgIpc) is 3.17. The highest BCUT2D eigenvalue weighted by Gasteiger charge is 2.16. The van der Waals surface area contributed by atoms with E-state index in [-0.39, 0.29) is 0 Å². The SMILES string of the molecule is Cn1cc(-c2ccc3c(N4CCCC4)ncnc3c2)cn1. The Bertz CT molecular complexity index is 786. The number of benzene rings is 1. The van der Waals surface area contributed by atoms with Crippen molar-refractivity contribution in [3.05, 3.63) is 36.9 Å². The fourth-order valence-electron chi connectivity index (χ4n) is 2.97. The summed E-state index contributed by atoms with van der Waals surface area (Å²) in [6.45, 7) is 2.19. The molecule has 0 saturated carbocycles. The highest BCUT2D eigenvalue weighted by Crippen LogP contribution is 2.29. The van der Waals surface area contributed by atoms with Crippen LogP contribution in [-0.2, 0) is 7.05 Å². The molecule has 1 aromatic carbocycles. The van der Waals surface area contributed by atoms with Gasteiger partial charge in [-0.3, -0.25) is 4.68 Å². The predicted octanol–water partition coefficient (Wildman–Crippen LogP) is 2.63. The predicted molar refractivity (Wildman–Crippen MR) is 83.2 cm³/mol. The molecule has 2 aromatic heterocycles. The van der Waals surface area contributed by atoms with Gasteiger partial charge in [-0.1, -0.05) is 6.07 Å². The molecular formula is C16H17N5. The molecule has 5 nitrogen and oxygen atoms in total. The Balaban J connectivity index is 1.82. The van der Waals surface area contributed by atoms with Gasteiger partial charge in [-0.15, -0.1) is 0 Å².